The molecule has 0 aromatic heterocycles. The van der Waals surface area contributed by atoms with Crippen molar-refractivity contribution in [1.29, 1.82) is 0 Å². The molecule has 0 fully saturated rings. The Morgan fingerprint density at radius 2 is 1.85 bits per heavy atom. The molecule has 0 aliphatic heterocycles. The minimum absolute atomic E-state index is 0.297. The molecule has 0 saturated heterocycles. The predicted molar refractivity (Wildman–Crippen MR) is 58.1 cm³/mol. The summed E-state index contributed by atoms with van der Waals surface area (Å²) in [7, 11) is 1.77. The van der Waals surface area contributed by atoms with E-state index >= 15 is 0 Å². The maximum absolute atomic E-state index is 5.27. The molecule has 0 spiro atoms. The molecule has 3 unspecified atom stereocenters. The average Bonchev–Trinajstić information content (AvgIpc) is 2.15. The molecule has 80 valence electrons. The van der Waals surface area contributed by atoms with Gasteiger partial charge in [-0.15, -0.1) is 0 Å². The third-order valence-electron chi connectivity index (χ3n) is 2.70. The molecule has 0 aromatic carbocycles. The second-order valence-electron chi connectivity index (χ2n) is 3.79. The van der Waals surface area contributed by atoms with E-state index in [2.05, 4.69) is 33.0 Å². The zero-order valence-electron chi connectivity index (χ0n) is 9.76. The standard InChI is InChI=1S/C11H25NO/c1-6-8-11(7-2)12-9(3)10(4)13-5/h9-12H,6-8H2,1-5H3. The summed E-state index contributed by atoms with van der Waals surface area (Å²) in [5, 5.41) is 3.59. The average molecular weight is 187 g/mol. The molecule has 1 N–H and O–H groups in total. The molecule has 0 rings (SSSR count). The van der Waals surface area contributed by atoms with Crippen LogP contribution in [0.5, 0.6) is 0 Å². The molecule has 13 heavy (non-hydrogen) atoms. The normalized spacial score (nSPS) is 18.2. The van der Waals surface area contributed by atoms with E-state index < -0.39 is 0 Å². The zero-order chi connectivity index (χ0) is 10.3. The van der Waals surface area contributed by atoms with E-state index in [1.807, 2.05) is 0 Å². The molecule has 0 bridgehead atoms. The third kappa shape index (κ3) is 5.27. The highest BCUT2D eigenvalue weighted by atomic mass is 16.5. The van der Waals surface area contributed by atoms with Gasteiger partial charge in [-0.2, -0.15) is 0 Å². The lowest BCUT2D eigenvalue weighted by molar-refractivity contribution is 0.0836. The van der Waals surface area contributed by atoms with Gasteiger partial charge in [0.05, 0.1) is 6.10 Å². The highest BCUT2D eigenvalue weighted by molar-refractivity contribution is 4.74. The molecule has 3 atom stereocenters. The van der Waals surface area contributed by atoms with E-state index in [0.717, 1.165) is 0 Å². The Balaban J connectivity index is 3.78. The van der Waals surface area contributed by atoms with Crippen molar-refractivity contribution < 1.29 is 4.74 Å². The summed E-state index contributed by atoms with van der Waals surface area (Å²) in [6, 6.07) is 1.10. The van der Waals surface area contributed by atoms with Crippen molar-refractivity contribution in [3.63, 3.8) is 0 Å². The van der Waals surface area contributed by atoms with Gasteiger partial charge in [0.2, 0.25) is 0 Å². The summed E-state index contributed by atoms with van der Waals surface area (Å²) in [6.45, 7) is 8.76. The fourth-order valence-electron chi connectivity index (χ4n) is 1.47. The number of hydrogen-bond acceptors (Lipinski definition) is 2. The SMILES string of the molecule is CCCC(CC)NC(C)C(C)OC. The van der Waals surface area contributed by atoms with Crippen LogP contribution in [0.4, 0.5) is 0 Å². The van der Waals surface area contributed by atoms with Crippen LogP contribution >= 0.6 is 0 Å². The molecule has 2 heteroatoms. The van der Waals surface area contributed by atoms with Crippen LogP contribution < -0.4 is 5.32 Å². The van der Waals surface area contributed by atoms with Crippen molar-refractivity contribution in [2.24, 2.45) is 0 Å². The molecular formula is C11H25NO. The fraction of sp³-hybridized carbons (Fsp3) is 1.00. The van der Waals surface area contributed by atoms with Crippen LogP contribution in [-0.2, 0) is 4.74 Å². The van der Waals surface area contributed by atoms with Gasteiger partial charge in [-0.1, -0.05) is 20.3 Å². The van der Waals surface area contributed by atoms with E-state index in [1.54, 1.807) is 7.11 Å². The van der Waals surface area contributed by atoms with Crippen LogP contribution in [0.1, 0.15) is 47.0 Å². The summed E-state index contributed by atoms with van der Waals surface area (Å²) in [6.07, 6.45) is 4.01. The summed E-state index contributed by atoms with van der Waals surface area (Å²) >= 11 is 0. The van der Waals surface area contributed by atoms with Gasteiger partial charge in [-0.3, -0.25) is 0 Å². The quantitative estimate of drug-likeness (QED) is 0.661. The Labute approximate surface area is 83.1 Å². The zero-order valence-corrected chi connectivity index (χ0v) is 9.76. The topological polar surface area (TPSA) is 21.3 Å². The van der Waals surface area contributed by atoms with Gasteiger partial charge in [-0.05, 0) is 26.7 Å². The first-order valence-corrected chi connectivity index (χ1v) is 5.44. The first kappa shape index (κ1) is 12.9. The van der Waals surface area contributed by atoms with Crippen LogP contribution in [0, 0.1) is 0 Å². The number of rotatable bonds is 7. The lowest BCUT2D eigenvalue weighted by Crippen LogP contribution is -2.42. The summed E-state index contributed by atoms with van der Waals surface area (Å²) in [5.41, 5.74) is 0. The first-order chi connectivity index (χ1) is 6.15. The summed E-state index contributed by atoms with van der Waals surface area (Å²) < 4.78 is 5.27. The molecule has 0 aromatic rings. The minimum atomic E-state index is 0.297. The molecule has 0 heterocycles. The van der Waals surface area contributed by atoms with E-state index in [1.165, 1.54) is 19.3 Å². The maximum atomic E-state index is 5.27. The Hall–Kier alpha value is -0.0800. The Morgan fingerprint density at radius 3 is 2.23 bits per heavy atom. The molecule has 0 amide bonds. The van der Waals surface area contributed by atoms with Crippen LogP contribution in [0.2, 0.25) is 0 Å². The number of ether oxygens (including phenoxy) is 1. The van der Waals surface area contributed by atoms with E-state index in [9.17, 15) is 0 Å². The highest BCUT2D eigenvalue weighted by Crippen LogP contribution is 2.05. The van der Waals surface area contributed by atoms with Crippen molar-refractivity contribution in [2.75, 3.05) is 7.11 Å². The number of methoxy groups -OCH3 is 1. The van der Waals surface area contributed by atoms with Gasteiger partial charge in [0.25, 0.3) is 0 Å². The molecule has 2 nitrogen and oxygen atoms in total. The third-order valence-corrected chi connectivity index (χ3v) is 2.70. The van der Waals surface area contributed by atoms with Crippen molar-refractivity contribution in [2.45, 2.75) is 65.1 Å². The van der Waals surface area contributed by atoms with Crippen molar-refractivity contribution in [3.05, 3.63) is 0 Å². The van der Waals surface area contributed by atoms with Crippen LogP contribution in [0.25, 0.3) is 0 Å². The smallest absolute Gasteiger partial charge is 0.0693 e. The number of nitrogens with one attached hydrogen (secondary N) is 1. The Kier molecular flexibility index (Phi) is 7.29. The van der Waals surface area contributed by atoms with Crippen LogP contribution in [-0.4, -0.2) is 25.3 Å². The fourth-order valence-corrected chi connectivity index (χ4v) is 1.47. The highest BCUT2D eigenvalue weighted by Gasteiger charge is 2.14. The van der Waals surface area contributed by atoms with E-state index in [0.29, 0.717) is 18.2 Å². The largest absolute Gasteiger partial charge is 0.380 e. The molecule has 0 aliphatic rings. The molecular weight excluding hydrogens is 162 g/mol. The van der Waals surface area contributed by atoms with Gasteiger partial charge in [0.15, 0.2) is 0 Å². The maximum Gasteiger partial charge on any atom is 0.0693 e. The second-order valence-corrected chi connectivity index (χ2v) is 3.79. The van der Waals surface area contributed by atoms with Gasteiger partial charge in [0.1, 0.15) is 0 Å². The minimum Gasteiger partial charge on any atom is -0.380 e. The lowest BCUT2D eigenvalue weighted by atomic mass is 10.1. The lowest BCUT2D eigenvalue weighted by Gasteiger charge is -2.25. The van der Waals surface area contributed by atoms with Gasteiger partial charge in [-0.25, -0.2) is 0 Å². The Bertz CT molecular complexity index is 117. The summed E-state index contributed by atoms with van der Waals surface area (Å²) in [4.78, 5) is 0. The summed E-state index contributed by atoms with van der Waals surface area (Å²) in [5.74, 6) is 0. The Morgan fingerprint density at radius 1 is 1.23 bits per heavy atom. The van der Waals surface area contributed by atoms with Gasteiger partial charge < -0.3 is 10.1 Å². The van der Waals surface area contributed by atoms with E-state index in [-0.39, 0.29) is 0 Å². The first-order valence-electron chi connectivity index (χ1n) is 5.44. The van der Waals surface area contributed by atoms with Crippen molar-refractivity contribution in [3.8, 4) is 0 Å². The molecule has 0 aliphatic carbocycles. The predicted octanol–water partition coefficient (Wildman–Crippen LogP) is 2.58. The van der Waals surface area contributed by atoms with Gasteiger partial charge >= 0.3 is 0 Å². The monoisotopic (exact) mass is 187 g/mol. The number of hydrogen-bond donors (Lipinski definition) is 1. The molecule has 0 saturated carbocycles. The molecule has 0 radical (unpaired) electrons. The van der Waals surface area contributed by atoms with Crippen LogP contribution in [0.15, 0.2) is 0 Å². The second kappa shape index (κ2) is 7.34. The van der Waals surface area contributed by atoms with Crippen molar-refractivity contribution >= 4 is 0 Å². The van der Waals surface area contributed by atoms with Crippen molar-refractivity contribution in [1.82, 2.24) is 5.32 Å². The van der Waals surface area contributed by atoms with E-state index in [4.69, 9.17) is 4.74 Å². The van der Waals surface area contributed by atoms with Gasteiger partial charge in [0, 0.05) is 19.2 Å². The van der Waals surface area contributed by atoms with Crippen LogP contribution in [0.3, 0.4) is 0 Å².